The number of benzene rings is 1. The summed E-state index contributed by atoms with van der Waals surface area (Å²) in [4.78, 5) is 14.8. The second kappa shape index (κ2) is 6.29. The lowest BCUT2D eigenvalue weighted by Crippen LogP contribution is -2.48. The van der Waals surface area contributed by atoms with E-state index < -0.39 is 0 Å². The highest BCUT2D eigenvalue weighted by molar-refractivity contribution is 5.99. The Morgan fingerprint density at radius 1 is 1.24 bits per heavy atom. The van der Waals surface area contributed by atoms with Gasteiger partial charge in [-0.25, -0.2) is 0 Å². The predicted molar refractivity (Wildman–Crippen MR) is 86.1 cm³/mol. The van der Waals surface area contributed by atoms with Gasteiger partial charge in [-0.2, -0.15) is 0 Å². The number of rotatable bonds is 4. The van der Waals surface area contributed by atoms with E-state index in [0.29, 0.717) is 6.54 Å². The lowest BCUT2D eigenvalue weighted by Gasteiger charge is -2.39. The lowest BCUT2D eigenvalue weighted by molar-refractivity contribution is -0.0485. The van der Waals surface area contributed by atoms with Crippen molar-refractivity contribution in [2.75, 3.05) is 26.7 Å². The van der Waals surface area contributed by atoms with Crippen molar-refractivity contribution in [2.24, 2.45) is 0 Å². The summed E-state index contributed by atoms with van der Waals surface area (Å²) in [6.07, 6.45) is 2.15. The smallest absolute Gasteiger partial charge is 0.177 e. The summed E-state index contributed by atoms with van der Waals surface area (Å²) in [5.74, 6) is 0.218. The Bertz CT molecular complexity index is 538. The van der Waals surface area contributed by atoms with Crippen molar-refractivity contribution in [3.8, 4) is 0 Å². The molecule has 2 rings (SSSR count). The van der Waals surface area contributed by atoms with E-state index in [0.717, 1.165) is 37.1 Å². The Balaban J connectivity index is 2.10. The molecule has 0 saturated carbocycles. The third-order valence-corrected chi connectivity index (χ3v) is 4.74. The fraction of sp³-hybridized carbons (Fsp3) is 0.611. The average molecular weight is 289 g/mol. The number of nitrogens with zero attached hydrogens (tertiary/aromatic N) is 1. The van der Waals surface area contributed by atoms with Crippen molar-refractivity contribution in [1.29, 1.82) is 0 Å². The molecule has 0 aliphatic carbocycles. The Hall–Kier alpha value is -1.19. The number of ketones is 1. The summed E-state index contributed by atoms with van der Waals surface area (Å²) < 4.78 is 5.60. The average Bonchev–Trinajstić information content (AvgIpc) is 2.43. The van der Waals surface area contributed by atoms with E-state index in [-0.39, 0.29) is 11.4 Å². The molecule has 1 heterocycles. The molecule has 0 radical (unpaired) electrons. The van der Waals surface area contributed by atoms with Gasteiger partial charge in [0, 0.05) is 19.2 Å². The van der Waals surface area contributed by atoms with Crippen molar-refractivity contribution in [3.63, 3.8) is 0 Å². The van der Waals surface area contributed by atoms with Crippen LogP contribution in [0.3, 0.4) is 0 Å². The zero-order valence-electron chi connectivity index (χ0n) is 14.0. The zero-order chi connectivity index (χ0) is 15.6. The number of ether oxygens (including phenoxy) is 1. The molecule has 0 spiro atoms. The highest BCUT2D eigenvalue weighted by Crippen LogP contribution is 2.24. The SMILES string of the molecule is COC1(C)CCCN(CC(=O)c2cc(C)c(C)cc2C)C1. The van der Waals surface area contributed by atoms with Crippen LogP contribution in [0.25, 0.3) is 0 Å². The summed E-state index contributed by atoms with van der Waals surface area (Å²) >= 11 is 0. The fourth-order valence-electron chi connectivity index (χ4n) is 3.16. The van der Waals surface area contributed by atoms with Crippen LogP contribution >= 0.6 is 0 Å². The third kappa shape index (κ3) is 3.72. The first kappa shape index (κ1) is 16.2. The topological polar surface area (TPSA) is 29.5 Å². The van der Waals surface area contributed by atoms with Gasteiger partial charge in [0.1, 0.15) is 0 Å². The van der Waals surface area contributed by atoms with E-state index in [1.165, 1.54) is 11.1 Å². The molecule has 0 aromatic heterocycles. The number of aryl methyl sites for hydroxylation is 3. The number of hydrogen-bond donors (Lipinski definition) is 0. The summed E-state index contributed by atoms with van der Waals surface area (Å²) in [6, 6.07) is 4.14. The molecule has 0 amide bonds. The largest absolute Gasteiger partial charge is 0.377 e. The van der Waals surface area contributed by atoms with Gasteiger partial charge in [0.2, 0.25) is 0 Å². The summed E-state index contributed by atoms with van der Waals surface area (Å²) in [7, 11) is 1.76. The van der Waals surface area contributed by atoms with Gasteiger partial charge in [-0.3, -0.25) is 9.69 Å². The van der Waals surface area contributed by atoms with Crippen LogP contribution in [0.4, 0.5) is 0 Å². The van der Waals surface area contributed by atoms with Crippen LogP contribution in [0.5, 0.6) is 0 Å². The molecule has 3 heteroatoms. The van der Waals surface area contributed by atoms with Gasteiger partial charge >= 0.3 is 0 Å². The Morgan fingerprint density at radius 3 is 2.57 bits per heavy atom. The van der Waals surface area contributed by atoms with Crippen LogP contribution in [0, 0.1) is 20.8 Å². The number of likely N-dealkylation sites (tertiary alicyclic amines) is 1. The van der Waals surface area contributed by atoms with Gasteiger partial charge in [0.25, 0.3) is 0 Å². The van der Waals surface area contributed by atoms with E-state index in [1.807, 2.05) is 13.0 Å². The van der Waals surface area contributed by atoms with Crippen molar-refractivity contribution in [2.45, 2.75) is 46.1 Å². The van der Waals surface area contributed by atoms with Gasteiger partial charge in [0.05, 0.1) is 12.1 Å². The summed E-state index contributed by atoms with van der Waals surface area (Å²) in [5, 5.41) is 0. The van der Waals surface area contributed by atoms with Crippen LogP contribution < -0.4 is 0 Å². The standard InChI is InChI=1S/C18H27NO2/c1-13-9-15(3)16(10-14(13)2)17(20)11-19-8-6-7-18(4,12-19)21-5/h9-10H,6-8,11-12H2,1-5H3. The van der Waals surface area contributed by atoms with Gasteiger partial charge in [-0.1, -0.05) is 6.07 Å². The molecule has 3 nitrogen and oxygen atoms in total. The molecule has 1 fully saturated rings. The zero-order valence-corrected chi connectivity index (χ0v) is 14.0. The summed E-state index contributed by atoms with van der Waals surface area (Å²) in [5.41, 5.74) is 4.26. The maximum atomic E-state index is 12.6. The van der Waals surface area contributed by atoms with Gasteiger partial charge in [0.15, 0.2) is 5.78 Å². The molecular weight excluding hydrogens is 262 g/mol. The normalized spacial score (nSPS) is 23.3. The lowest BCUT2D eigenvalue weighted by atomic mass is 9.93. The number of Topliss-reactive ketones (excluding diaryl/α,β-unsaturated/α-hetero) is 1. The molecule has 1 atom stereocenters. The second-order valence-corrected chi connectivity index (χ2v) is 6.64. The molecular formula is C18H27NO2. The molecule has 1 aliphatic heterocycles. The van der Waals surface area contributed by atoms with Crippen LogP contribution in [0.15, 0.2) is 12.1 Å². The molecule has 1 saturated heterocycles. The molecule has 1 aromatic carbocycles. The monoisotopic (exact) mass is 289 g/mol. The molecule has 116 valence electrons. The van der Waals surface area contributed by atoms with Crippen molar-refractivity contribution in [1.82, 2.24) is 4.90 Å². The van der Waals surface area contributed by atoms with E-state index in [1.54, 1.807) is 7.11 Å². The number of carbonyl (C=O) groups excluding carboxylic acids is 1. The highest BCUT2D eigenvalue weighted by Gasteiger charge is 2.31. The van der Waals surface area contributed by atoms with Crippen LogP contribution in [0.2, 0.25) is 0 Å². The first-order valence-electron chi connectivity index (χ1n) is 7.73. The van der Waals surface area contributed by atoms with E-state index in [9.17, 15) is 4.79 Å². The molecule has 1 aromatic rings. The number of methoxy groups -OCH3 is 1. The molecule has 0 N–H and O–H groups in total. The number of hydrogen-bond acceptors (Lipinski definition) is 3. The quantitative estimate of drug-likeness (QED) is 0.797. The third-order valence-electron chi connectivity index (χ3n) is 4.74. The molecule has 1 aliphatic rings. The second-order valence-electron chi connectivity index (χ2n) is 6.64. The Morgan fingerprint density at radius 2 is 1.90 bits per heavy atom. The Labute approximate surface area is 128 Å². The minimum atomic E-state index is -0.114. The van der Waals surface area contributed by atoms with Gasteiger partial charge < -0.3 is 4.74 Å². The Kier molecular flexibility index (Phi) is 4.84. The number of carbonyl (C=O) groups is 1. The minimum absolute atomic E-state index is 0.114. The van der Waals surface area contributed by atoms with Crippen molar-refractivity contribution < 1.29 is 9.53 Å². The fourth-order valence-corrected chi connectivity index (χ4v) is 3.16. The van der Waals surface area contributed by atoms with E-state index in [2.05, 4.69) is 31.7 Å². The maximum absolute atomic E-state index is 12.6. The molecule has 21 heavy (non-hydrogen) atoms. The van der Waals surface area contributed by atoms with Gasteiger partial charge in [-0.05, 0) is 69.8 Å². The van der Waals surface area contributed by atoms with Crippen LogP contribution in [-0.4, -0.2) is 43.0 Å². The maximum Gasteiger partial charge on any atom is 0.177 e. The predicted octanol–water partition coefficient (Wildman–Crippen LogP) is 3.30. The molecule has 1 unspecified atom stereocenters. The first-order chi connectivity index (χ1) is 9.84. The van der Waals surface area contributed by atoms with E-state index in [4.69, 9.17) is 4.74 Å². The minimum Gasteiger partial charge on any atom is -0.377 e. The highest BCUT2D eigenvalue weighted by atomic mass is 16.5. The number of piperidine rings is 1. The van der Waals surface area contributed by atoms with Gasteiger partial charge in [-0.15, -0.1) is 0 Å². The molecule has 0 bridgehead atoms. The van der Waals surface area contributed by atoms with E-state index >= 15 is 0 Å². The van der Waals surface area contributed by atoms with Crippen molar-refractivity contribution >= 4 is 5.78 Å². The first-order valence-corrected chi connectivity index (χ1v) is 7.73. The summed E-state index contributed by atoms with van der Waals surface area (Å²) in [6.45, 7) is 10.6. The van der Waals surface area contributed by atoms with Crippen LogP contribution in [-0.2, 0) is 4.74 Å². The van der Waals surface area contributed by atoms with Crippen LogP contribution in [0.1, 0.15) is 46.8 Å². The van der Waals surface area contributed by atoms with Crippen molar-refractivity contribution in [3.05, 3.63) is 34.4 Å².